The van der Waals surface area contributed by atoms with Crippen LogP contribution in [0.4, 0.5) is 14.6 Å². The number of rotatable bonds is 3. The molecule has 3 aliphatic rings. The molecule has 3 aliphatic heterocycles. The predicted molar refractivity (Wildman–Crippen MR) is 134 cm³/mol. The Kier molecular flexibility index (Phi) is 5.04. The number of piperazine rings is 1. The van der Waals surface area contributed by atoms with Crippen molar-refractivity contribution >= 4 is 23.1 Å². The summed E-state index contributed by atoms with van der Waals surface area (Å²) in [5.74, 6) is 0.827. The average Bonchev–Trinajstić information content (AvgIpc) is 3.66. The lowest BCUT2D eigenvalue weighted by molar-refractivity contribution is -0.129. The number of hydrogen-bond donors (Lipinski definition) is 0. The number of ether oxygens (including phenoxy) is 1. The molecule has 7 rings (SSSR count). The largest absolute Gasteiger partial charge is 0.491 e. The minimum absolute atomic E-state index is 0.124. The van der Waals surface area contributed by atoms with Crippen LogP contribution in [-0.4, -0.2) is 62.3 Å². The van der Waals surface area contributed by atoms with Crippen LogP contribution in [0.1, 0.15) is 18.2 Å². The first-order chi connectivity index (χ1) is 18.0. The lowest BCUT2D eigenvalue weighted by atomic mass is 10.1. The molecule has 0 N–H and O–H groups in total. The van der Waals surface area contributed by atoms with Crippen molar-refractivity contribution in [2.75, 3.05) is 24.6 Å². The van der Waals surface area contributed by atoms with Crippen molar-refractivity contribution in [3.05, 3.63) is 59.2 Å². The number of halogens is 2. The van der Waals surface area contributed by atoms with E-state index in [0.29, 0.717) is 24.6 Å². The van der Waals surface area contributed by atoms with E-state index in [2.05, 4.69) is 15.0 Å². The van der Waals surface area contributed by atoms with Gasteiger partial charge < -0.3 is 14.5 Å². The van der Waals surface area contributed by atoms with Crippen molar-refractivity contribution < 1.29 is 18.3 Å². The molecule has 6 heterocycles. The maximum Gasteiger partial charge on any atom is 0.219 e. The Morgan fingerprint density at radius 3 is 2.81 bits per heavy atom. The minimum atomic E-state index is -0.710. The molecule has 0 saturated carbocycles. The number of amides is 1. The van der Waals surface area contributed by atoms with E-state index in [1.807, 2.05) is 23.1 Å². The Morgan fingerprint density at radius 1 is 1.14 bits per heavy atom. The first-order valence-electron chi connectivity index (χ1n) is 12.1. The van der Waals surface area contributed by atoms with Crippen LogP contribution in [0.5, 0.6) is 5.75 Å². The highest BCUT2D eigenvalue weighted by molar-refractivity contribution is 7.16. The summed E-state index contributed by atoms with van der Waals surface area (Å²) in [5, 5.41) is 4.20. The van der Waals surface area contributed by atoms with Crippen LogP contribution in [0.15, 0.2) is 42.7 Å². The monoisotopic (exact) mass is 520 g/mol. The van der Waals surface area contributed by atoms with Gasteiger partial charge in [-0.1, -0.05) is 0 Å². The molecular formula is C26H22F2N6O2S. The molecule has 37 heavy (non-hydrogen) atoms. The number of thiophene rings is 1. The highest BCUT2D eigenvalue weighted by atomic mass is 32.1. The predicted octanol–water partition coefficient (Wildman–Crippen LogP) is 4.08. The number of nitrogens with zero attached hydrogens (tertiary/aromatic N) is 6. The normalized spacial score (nSPS) is 20.0. The van der Waals surface area contributed by atoms with Crippen LogP contribution in [-0.2, 0) is 11.2 Å². The van der Waals surface area contributed by atoms with Crippen LogP contribution in [0, 0.1) is 11.6 Å². The van der Waals surface area contributed by atoms with Gasteiger partial charge in [-0.15, -0.1) is 11.3 Å². The molecule has 1 aromatic carbocycles. The molecule has 188 valence electrons. The van der Waals surface area contributed by atoms with Gasteiger partial charge >= 0.3 is 0 Å². The van der Waals surface area contributed by atoms with Gasteiger partial charge in [-0.25, -0.2) is 23.4 Å². The fourth-order valence-electron chi connectivity index (χ4n) is 5.66. The maximum absolute atomic E-state index is 14.5. The first-order valence-corrected chi connectivity index (χ1v) is 12.9. The van der Waals surface area contributed by atoms with Gasteiger partial charge in [-0.05, 0) is 36.8 Å². The highest BCUT2D eigenvalue weighted by Crippen LogP contribution is 2.43. The number of aromatic nitrogens is 4. The maximum atomic E-state index is 14.5. The van der Waals surface area contributed by atoms with Crippen molar-refractivity contribution in [3.8, 4) is 33.4 Å². The molecule has 0 radical (unpaired) electrons. The summed E-state index contributed by atoms with van der Waals surface area (Å²) in [7, 11) is 0. The molecule has 0 aliphatic carbocycles. The summed E-state index contributed by atoms with van der Waals surface area (Å²) < 4.78 is 35.4. The molecule has 3 aromatic heterocycles. The third-order valence-electron chi connectivity index (χ3n) is 7.34. The average molecular weight is 521 g/mol. The second-order valence-electron chi connectivity index (χ2n) is 9.52. The summed E-state index contributed by atoms with van der Waals surface area (Å²) in [4.78, 5) is 27.5. The fraction of sp³-hybridized carbons (Fsp3) is 0.308. The van der Waals surface area contributed by atoms with Crippen LogP contribution in [0.2, 0.25) is 0 Å². The minimum Gasteiger partial charge on any atom is -0.491 e. The molecule has 4 aromatic rings. The molecule has 2 unspecified atom stereocenters. The van der Waals surface area contributed by atoms with E-state index in [-0.39, 0.29) is 23.7 Å². The Bertz CT molecular complexity index is 1550. The Balaban J connectivity index is 1.26. The number of pyridine rings is 1. The van der Waals surface area contributed by atoms with Gasteiger partial charge in [-0.2, -0.15) is 5.10 Å². The topological polar surface area (TPSA) is 76.4 Å². The molecule has 2 bridgehead atoms. The summed E-state index contributed by atoms with van der Waals surface area (Å²) in [6.07, 6.45) is 3.02. The number of carbonyl (C=O) groups is 1. The molecule has 2 atom stereocenters. The molecule has 2 fully saturated rings. The zero-order valence-corrected chi connectivity index (χ0v) is 20.7. The van der Waals surface area contributed by atoms with Gasteiger partial charge in [0.2, 0.25) is 5.91 Å². The SMILES string of the molecule is CC(=O)N1CC2CC1CN2c1ccc2c(n1)-c1cc(-c3ncnn3-c3ccc(F)cc3F)sc1CCO2. The molecule has 11 heteroatoms. The van der Waals surface area contributed by atoms with Crippen molar-refractivity contribution in [3.63, 3.8) is 0 Å². The van der Waals surface area contributed by atoms with Crippen molar-refractivity contribution in [2.45, 2.75) is 31.8 Å². The number of carbonyl (C=O) groups excluding carboxylic acids is 1. The Labute approximate surface area is 215 Å². The van der Waals surface area contributed by atoms with Crippen LogP contribution >= 0.6 is 11.3 Å². The van der Waals surface area contributed by atoms with Crippen LogP contribution < -0.4 is 9.64 Å². The van der Waals surface area contributed by atoms with Gasteiger partial charge in [0.15, 0.2) is 11.6 Å². The quantitative estimate of drug-likeness (QED) is 0.405. The summed E-state index contributed by atoms with van der Waals surface area (Å²) in [6.45, 7) is 3.63. The number of likely N-dealkylation sites (tertiary alicyclic amines) is 1. The van der Waals surface area contributed by atoms with Crippen LogP contribution in [0.3, 0.4) is 0 Å². The molecule has 0 spiro atoms. The van der Waals surface area contributed by atoms with E-state index < -0.39 is 11.6 Å². The zero-order valence-electron chi connectivity index (χ0n) is 19.9. The van der Waals surface area contributed by atoms with E-state index in [0.717, 1.165) is 52.4 Å². The fourth-order valence-corrected chi connectivity index (χ4v) is 6.78. The van der Waals surface area contributed by atoms with E-state index in [9.17, 15) is 13.6 Å². The number of hydrogen-bond acceptors (Lipinski definition) is 7. The van der Waals surface area contributed by atoms with Crippen LogP contribution in [0.25, 0.3) is 27.6 Å². The van der Waals surface area contributed by atoms with E-state index >= 15 is 0 Å². The highest BCUT2D eigenvalue weighted by Gasteiger charge is 2.45. The molecule has 2 saturated heterocycles. The van der Waals surface area contributed by atoms with Crippen molar-refractivity contribution in [1.82, 2.24) is 24.6 Å². The summed E-state index contributed by atoms with van der Waals surface area (Å²) in [6, 6.07) is 9.83. The second-order valence-corrected chi connectivity index (χ2v) is 10.7. The van der Waals surface area contributed by atoms with Gasteiger partial charge in [0.1, 0.15) is 35.1 Å². The molecule has 8 nitrogen and oxygen atoms in total. The smallest absolute Gasteiger partial charge is 0.219 e. The first kappa shape index (κ1) is 22.3. The van der Waals surface area contributed by atoms with Gasteiger partial charge in [0.25, 0.3) is 0 Å². The Morgan fingerprint density at radius 2 is 2.03 bits per heavy atom. The number of anilines is 1. The lowest BCUT2D eigenvalue weighted by Gasteiger charge is -2.34. The third kappa shape index (κ3) is 3.59. The summed E-state index contributed by atoms with van der Waals surface area (Å²) >= 11 is 1.54. The second kappa shape index (κ2) is 8.34. The van der Waals surface area contributed by atoms with Gasteiger partial charge in [0, 0.05) is 42.9 Å². The van der Waals surface area contributed by atoms with Crippen molar-refractivity contribution in [2.24, 2.45) is 0 Å². The van der Waals surface area contributed by atoms with E-state index in [4.69, 9.17) is 9.72 Å². The Hall–Kier alpha value is -3.86. The van der Waals surface area contributed by atoms with E-state index in [1.165, 1.54) is 23.1 Å². The molecule has 1 amide bonds. The van der Waals surface area contributed by atoms with Crippen molar-refractivity contribution in [1.29, 1.82) is 0 Å². The molecular weight excluding hydrogens is 498 g/mol. The zero-order chi connectivity index (χ0) is 25.3. The van der Waals surface area contributed by atoms with Gasteiger partial charge in [0.05, 0.1) is 23.6 Å². The summed E-state index contributed by atoms with van der Waals surface area (Å²) in [5.41, 5.74) is 1.85. The lowest BCUT2D eigenvalue weighted by Crippen LogP contribution is -2.48. The number of fused-ring (bicyclic) bond motifs is 5. The third-order valence-corrected chi connectivity index (χ3v) is 8.53. The standard InChI is InChI=1S/C26H22F2N6O2S/c1-14(35)32-11-17-9-16(32)12-33(17)24-5-4-21-25(31-24)18-10-23(37-22(18)6-7-36-21)26-29-13-30-34(26)20-3-2-15(27)8-19(20)28/h2-5,8,10,13,16-17H,6-7,9,11-12H2,1H3. The van der Waals surface area contributed by atoms with E-state index in [1.54, 1.807) is 18.3 Å². The number of benzene rings is 1. The van der Waals surface area contributed by atoms with Gasteiger partial charge in [-0.3, -0.25) is 4.79 Å².